The first-order valence-electron chi connectivity index (χ1n) is 3.81. The van der Waals surface area contributed by atoms with Crippen LogP contribution in [0.1, 0.15) is 34.1 Å². The van der Waals surface area contributed by atoms with Gasteiger partial charge in [-0.15, -0.1) is 0 Å². The minimum absolute atomic E-state index is 0.455. The minimum Gasteiger partial charge on any atom is -0.279 e. The second kappa shape index (κ2) is 4.89. The molecular formula is C8H16BrN. The maximum Gasteiger partial charge on any atom is 0.0802 e. The zero-order valence-electron chi connectivity index (χ0n) is 7.19. The van der Waals surface area contributed by atoms with E-state index in [1.165, 1.54) is 0 Å². The zero-order chi connectivity index (χ0) is 8.15. The van der Waals surface area contributed by atoms with Crippen molar-refractivity contribution in [2.45, 2.75) is 40.2 Å². The number of halogens is 1. The van der Waals surface area contributed by atoms with Gasteiger partial charge in [-0.1, -0.05) is 20.8 Å². The van der Waals surface area contributed by atoms with Crippen molar-refractivity contribution in [3.63, 3.8) is 0 Å². The third-order valence-electron chi connectivity index (χ3n) is 1.41. The average molecular weight is 206 g/mol. The van der Waals surface area contributed by atoms with Crippen molar-refractivity contribution < 1.29 is 0 Å². The molecule has 0 bridgehead atoms. The Morgan fingerprint density at radius 2 is 1.90 bits per heavy atom. The summed E-state index contributed by atoms with van der Waals surface area (Å²) >= 11 is 3.43. The summed E-state index contributed by atoms with van der Waals surface area (Å²) in [5, 5.41) is 0. The lowest BCUT2D eigenvalue weighted by molar-refractivity contribution is 0.710. The molecule has 0 aliphatic rings. The Kier molecular flexibility index (Phi) is 4.96. The van der Waals surface area contributed by atoms with Crippen molar-refractivity contribution in [2.24, 2.45) is 10.9 Å². The SMILES string of the molecule is CCC(C)N=C(Br)C(C)C. The highest BCUT2D eigenvalue weighted by Gasteiger charge is 2.01. The Labute approximate surface area is 72.1 Å². The molecule has 0 saturated heterocycles. The van der Waals surface area contributed by atoms with Crippen molar-refractivity contribution >= 4 is 20.6 Å². The number of nitrogens with zero attached hydrogens (tertiary/aromatic N) is 1. The quantitative estimate of drug-likeness (QED) is 0.628. The van der Waals surface area contributed by atoms with Gasteiger partial charge in [0.15, 0.2) is 0 Å². The topological polar surface area (TPSA) is 12.4 Å². The average Bonchev–Trinajstić information content (AvgIpc) is 1.87. The molecule has 0 spiro atoms. The van der Waals surface area contributed by atoms with E-state index in [0.717, 1.165) is 11.0 Å². The highest BCUT2D eigenvalue weighted by molar-refractivity contribution is 9.18. The Hall–Kier alpha value is 0.150. The van der Waals surface area contributed by atoms with Crippen molar-refractivity contribution in [3.8, 4) is 0 Å². The summed E-state index contributed by atoms with van der Waals surface area (Å²) in [6.45, 7) is 8.55. The summed E-state index contributed by atoms with van der Waals surface area (Å²) in [4.78, 5) is 4.43. The first-order chi connectivity index (χ1) is 4.57. The van der Waals surface area contributed by atoms with Crippen molar-refractivity contribution in [1.29, 1.82) is 0 Å². The molecule has 60 valence electrons. The molecular weight excluding hydrogens is 190 g/mol. The van der Waals surface area contributed by atoms with Crippen LogP contribution in [0.15, 0.2) is 4.99 Å². The van der Waals surface area contributed by atoms with Gasteiger partial charge in [-0.2, -0.15) is 0 Å². The smallest absolute Gasteiger partial charge is 0.0802 e. The molecule has 2 heteroatoms. The molecule has 1 atom stereocenters. The molecule has 1 nitrogen and oxygen atoms in total. The molecule has 0 amide bonds. The maximum atomic E-state index is 4.43. The van der Waals surface area contributed by atoms with Crippen LogP contribution >= 0.6 is 15.9 Å². The molecule has 0 heterocycles. The molecule has 0 rings (SSSR count). The second-order valence-corrected chi connectivity index (χ2v) is 3.68. The summed E-state index contributed by atoms with van der Waals surface area (Å²) in [5.74, 6) is 0.522. The van der Waals surface area contributed by atoms with Crippen LogP contribution in [0.4, 0.5) is 0 Å². The highest BCUT2D eigenvalue weighted by Crippen LogP contribution is 2.07. The normalized spacial score (nSPS) is 16.0. The standard InChI is InChI=1S/C8H16BrN/c1-5-7(4)10-8(9)6(2)3/h6-7H,5H2,1-4H3. The summed E-state index contributed by atoms with van der Waals surface area (Å²) < 4.78 is 1.09. The van der Waals surface area contributed by atoms with Gasteiger partial charge < -0.3 is 0 Å². The molecule has 10 heavy (non-hydrogen) atoms. The van der Waals surface area contributed by atoms with Crippen molar-refractivity contribution in [3.05, 3.63) is 0 Å². The van der Waals surface area contributed by atoms with E-state index in [1.807, 2.05) is 0 Å². The van der Waals surface area contributed by atoms with Gasteiger partial charge in [0.25, 0.3) is 0 Å². The van der Waals surface area contributed by atoms with E-state index in [2.05, 4.69) is 48.6 Å². The molecule has 0 fully saturated rings. The Morgan fingerprint density at radius 1 is 1.40 bits per heavy atom. The first kappa shape index (κ1) is 10.2. The van der Waals surface area contributed by atoms with E-state index in [0.29, 0.717) is 12.0 Å². The van der Waals surface area contributed by atoms with Gasteiger partial charge in [-0.3, -0.25) is 4.99 Å². The summed E-state index contributed by atoms with van der Waals surface area (Å²) in [6.07, 6.45) is 1.11. The van der Waals surface area contributed by atoms with Crippen LogP contribution in [-0.2, 0) is 0 Å². The molecule has 0 radical (unpaired) electrons. The lowest BCUT2D eigenvalue weighted by atomic mass is 10.2. The largest absolute Gasteiger partial charge is 0.279 e. The number of hydrogen-bond donors (Lipinski definition) is 0. The maximum absolute atomic E-state index is 4.43. The third-order valence-corrected chi connectivity index (χ3v) is 2.53. The highest BCUT2D eigenvalue weighted by atomic mass is 79.9. The van der Waals surface area contributed by atoms with Crippen LogP contribution in [-0.4, -0.2) is 10.7 Å². The second-order valence-electron chi connectivity index (χ2n) is 2.86. The molecule has 0 aliphatic heterocycles. The molecule has 0 saturated carbocycles. The Morgan fingerprint density at radius 3 is 2.20 bits per heavy atom. The molecule has 1 unspecified atom stereocenters. The first-order valence-corrected chi connectivity index (χ1v) is 4.60. The zero-order valence-corrected chi connectivity index (χ0v) is 8.77. The van der Waals surface area contributed by atoms with E-state index in [1.54, 1.807) is 0 Å². The summed E-state index contributed by atoms with van der Waals surface area (Å²) in [7, 11) is 0. The predicted molar refractivity (Wildman–Crippen MR) is 51.0 cm³/mol. The predicted octanol–water partition coefficient (Wildman–Crippen LogP) is 3.23. The van der Waals surface area contributed by atoms with Crippen LogP contribution in [0.3, 0.4) is 0 Å². The van der Waals surface area contributed by atoms with Crippen LogP contribution < -0.4 is 0 Å². The molecule has 0 aliphatic carbocycles. The molecule has 0 aromatic heterocycles. The fourth-order valence-corrected chi connectivity index (χ4v) is 0.800. The fraction of sp³-hybridized carbons (Fsp3) is 0.875. The van der Waals surface area contributed by atoms with Crippen LogP contribution in [0.2, 0.25) is 0 Å². The van der Waals surface area contributed by atoms with Gasteiger partial charge in [-0.25, -0.2) is 0 Å². The number of aliphatic imine (C=N–C) groups is 1. The van der Waals surface area contributed by atoms with Crippen molar-refractivity contribution in [2.75, 3.05) is 0 Å². The molecule has 0 aromatic rings. The lowest BCUT2D eigenvalue weighted by Gasteiger charge is -2.05. The molecule has 0 aromatic carbocycles. The van der Waals surface area contributed by atoms with E-state index < -0.39 is 0 Å². The van der Waals surface area contributed by atoms with E-state index in [9.17, 15) is 0 Å². The van der Waals surface area contributed by atoms with Gasteiger partial charge in [0.1, 0.15) is 0 Å². The van der Waals surface area contributed by atoms with Gasteiger partial charge >= 0.3 is 0 Å². The summed E-state index contributed by atoms with van der Waals surface area (Å²) in [5.41, 5.74) is 0. The van der Waals surface area contributed by atoms with Crippen LogP contribution in [0.5, 0.6) is 0 Å². The Bertz CT molecular complexity index is 118. The minimum atomic E-state index is 0.455. The van der Waals surface area contributed by atoms with E-state index in [4.69, 9.17) is 0 Å². The van der Waals surface area contributed by atoms with Crippen LogP contribution in [0, 0.1) is 5.92 Å². The third kappa shape index (κ3) is 4.04. The van der Waals surface area contributed by atoms with Gasteiger partial charge in [0, 0.05) is 12.0 Å². The number of hydrogen-bond acceptors (Lipinski definition) is 1. The van der Waals surface area contributed by atoms with Gasteiger partial charge in [0.2, 0.25) is 0 Å². The molecule has 0 N–H and O–H groups in total. The fourth-order valence-electron chi connectivity index (χ4n) is 0.451. The lowest BCUT2D eigenvalue weighted by Crippen LogP contribution is -2.04. The monoisotopic (exact) mass is 205 g/mol. The van der Waals surface area contributed by atoms with Gasteiger partial charge in [0.05, 0.1) is 4.62 Å². The van der Waals surface area contributed by atoms with Crippen LogP contribution in [0.25, 0.3) is 0 Å². The summed E-state index contributed by atoms with van der Waals surface area (Å²) in [6, 6.07) is 0.455. The van der Waals surface area contributed by atoms with E-state index >= 15 is 0 Å². The van der Waals surface area contributed by atoms with E-state index in [-0.39, 0.29) is 0 Å². The number of rotatable bonds is 3. The Balaban J connectivity index is 3.89. The van der Waals surface area contributed by atoms with Gasteiger partial charge in [-0.05, 0) is 29.3 Å². The van der Waals surface area contributed by atoms with Crippen molar-refractivity contribution in [1.82, 2.24) is 0 Å².